The highest BCUT2D eigenvalue weighted by Gasteiger charge is 2.52. The number of rotatable bonds is 7. The van der Waals surface area contributed by atoms with Crippen molar-refractivity contribution in [1.29, 1.82) is 0 Å². The summed E-state index contributed by atoms with van der Waals surface area (Å²) >= 11 is 5.98. The Morgan fingerprint density at radius 3 is 2.34 bits per heavy atom. The number of hydrogen-bond donors (Lipinski definition) is 2. The summed E-state index contributed by atoms with van der Waals surface area (Å²) < 4.78 is 30.3. The average Bonchev–Trinajstić information content (AvgIpc) is 3.45. The van der Waals surface area contributed by atoms with E-state index in [4.69, 9.17) is 16.3 Å². The third-order valence-electron chi connectivity index (χ3n) is 4.64. The topological polar surface area (TPSA) is 102 Å². The van der Waals surface area contributed by atoms with Gasteiger partial charge in [0.15, 0.2) is 0 Å². The minimum atomic E-state index is -3.53. The summed E-state index contributed by atoms with van der Waals surface area (Å²) in [5.41, 5.74) is 1.21. The second-order valence-corrected chi connectivity index (χ2v) is 9.06. The first-order valence-corrected chi connectivity index (χ1v) is 11.3. The molecule has 0 bridgehead atoms. The van der Waals surface area contributed by atoms with E-state index in [9.17, 15) is 18.0 Å². The van der Waals surface area contributed by atoms with Crippen LogP contribution in [-0.4, -0.2) is 33.2 Å². The van der Waals surface area contributed by atoms with Crippen LogP contribution in [0.4, 0.5) is 11.4 Å². The Kier molecular flexibility index (Phi) is 5.86. The molecule has 1 aliphatic carbocycles. The van der Waals surface area contributed by atoms with Crippen molar-refractivity contribution in [2.45, 2.75) is 25.2 Å². The molecule has 2 aromatic carbocycles. The molecule has 1 aliphatic rings. The molecular weight excluding hydrogens is 416 g/mol. The molecule has 154 valence electrons. The summed E-state index contributed by atoms with van der Waals surface area (Å²) in [6, 6.07) is 11.4. The normalized spacial score (nSPS) is 14.7. The van der Waals surface area contributed by atoms with Crippen LogP contribution in [0.2, 0.25) is 5.02 Å². The van der Waals surface area contributed by atoms with E-state index in [1.165, 1.54) is 18.2 Å². The Bertz CT molecular complexity index is 1050. The lowest BCUT2D eigenvalue weighted by molar-refractivity contribution is -0.146. The fourth-order valence-corrected chi connectivity index (χ4v) is 3.81. The second kappa shape index (κ2) is 8.04. The lowest BCUT2D eigenvalue weighted by Gasteiger charge is -2.15. The highest BCUT2D eigenvalue weighted by molar-refractivity contribution is 7.92. The molecule has 1 fully saturated rings. The molecule has 1 saturated carbocycles. The molecule has 0 spiro atoms. The summed E-state index contributed by atoms with van der Waals surface area (Å²) in [6.45, 7) is 2.12. The van der Waals surface area contributed by atoms with Gasteiger partial charge in [0.05, 0.1) is 29.0 Å². The van der Waals surface area contributed by atoms with Gasteiger partial charge < -0.3 is 10.1 Å². The molecule has 0 aromatic heterocycles. The van der Waals surface area contributed by atoms with Gasteiger partial charge in [0.25, 0.3) is 5.91 Å². The van der Waals surface area contributed by atoms with Crippen molar-refractivity contribution < 1.29 is 22.7 Å². The number of carbonyl (C=O) groups is 2. The highest BCUT2D eigenvalue weighted by Crippen LogP contribution is 2.49. The van der Waals surface area contributed by atoms with E-state index in [2.05, 4.69) is 10.0 Å². The van der Waals surface area contributed by atoms with Crippen molar-refractivity contribution in [2.75, 3.05) is 22.9 Å². The van der Waals surface area contributed by atoms with Gasteiger partial charge in [-0.1, -0.05) is 23.7 Å². The van der Waals surface area contributed by atoms with Crippen LogP contribution in [0.15, 0.2) is 42.5 Å². The maximum absolute atomic E-state index is 12.5. The summed E-state index contributed by atoms with van der Waals surface area (Å²) in [7, 11) is -3.53. The first-order chi connectivity index (χ1) is 13.6. The number of ether oxygens (including phenoxy) is 1. The molecule has 0 atom stereocenters. The lowest BCUT2D eigenvalue weighted by atomic mass is 9.96. The van der Waals surface area contributed by atoms with Crippen LogP contribution >= 0.6 is 11.6 Å². The molecule has 2 N–H and O–H groups in total. The second-order valence-electron chi connectivity index (χ2n) is 6.90. The molecular formula is C20H21ClN2O5S. The summed E-state index contributed by atoms with van der Waals surface area (Å²) in [4.78, 5) is 24.7. The maximum Gasteiger partial charge on any atom is 0.316 e. The summed E-state index contributed by atoms with van der Waals surface area (Å²) in [5.74, 6) is -0.638. The smallest absolute Gasteiger partial charge is 0.316 e. The van der Waals surface area contributed by atoms with Crippen molar-refractivity contribution >= 4 is 44.9 Å². The largest absolute Gasteiger partial charge is 0.465 e. The molecule has 0 heterocycles. The van der Waals surface area contributed by atoms with Crippen LogP contribution < -0.4 is 10.0 Å². The molecule has 29 heavy (non-hydrogen) atoms. The number of nitrogens with one attached hydrogen (secondary N) is 2. The molecule has 2 aromatic rings. The average molecular weight is 437 g/mol. The van der Waals surface area contributed by atoms with Crippen molar-refractivity contribution in [3.8, 4) is 0 Å². The first kappa shape index (κ1) is 21.1. The number of hydrogen-bond acceptors (Lipinski definition) is 5. The molecule has 1 amide bonds. The van der Waals surface area contributed by atoms with Gasteiger partial charge in [-0.05, 0) is 55.7 Å². The predicted octanol–water partition coefficient (Wildman–Crippen LogP) is 3.56. The van der Waals surface area contributed by atoms with Crippen LogP contribution in [0.1, 0.15) is 35.7 Å². The van der Waals surface area contributed by atoms with Gasteiger partial charge in [0, 0.05) is 11.3 Å². The van der Waals surface area contributed by atoms with E-state index in [1.807, 2.05) is 0 Å². The third kappa shape index (κ3) is 4.89. The number of carbonyl (C=O) groups excluding carboxylic acids is 2. The van der Waals surface area contributed by atoms with Crippen molar-refractivity contribution in [2.24, 2.45) is 0 Å². The van der Waals surface area contributed by atoms with Gasteiger partial charge in [-0.3, -0.25) is 14.3 Å². The van der Waals surface area contributed by atoms with Gasteiger partial charge in [-0.25, -0.2) is 8.42 Å². The zero-order chi connectivity index (χ0) is 21.2. The van der Waals surface area contributed by atoms with Gasteiger partial charge >= 0.3 is 5.97 Å². The SMILES string of the molecule is CCOC(=O)C1(c2ccc(NC(=O)c3ccc(Cl)c(NS(C)(=O)=O)c3)cc2)CC1. The summed E-state index contributed by atoms with van der Waals surface area (Å²) in [6.07, 6.45) is 2.50. The first-order valence-electron chi connectivity index (χ1n) is 9.01. The van der Waals surface area contributed by atoms with E-state index in [1.54, 1.807) is 31.2 Å². The Hall–Kier alpha value is -2.58. The molecule has 3 rings (SSSR count). The molecule has 9 heteroatoms. The van der Waals surface area contributed by atoms with E-state index in [0.29, 0.717) is 12.3 Å². The molecule has 0 unspecified atom stereocenters. The van der Waals surface area contributed by atoms with Crippen LogP contribution in [0.3, 0.4) is 0 Å². The number of sulfonamides is 1. The van der Waals surface area contributed by atoms with E-state index in [0.717, 1.165) is 24.7 Å². The van der Waals surface area contributed by atoms with Crippen LogP contribution in [0.25, 0.3) is 0 Å². The van der Waals surface area contributed by atoms with Gasteiger partial charge in [-0.2, -0.15) is 0 Å². The Labute approximate surface area is 174 Å². The molecule has 7 nitrogen and oxygen atoms in total. The Morgan fingerprint density at radius 1 is 1.14 bits per heavy atom. The van der Waals surface area contributed by atoms with E-state index in [-0.39, 0.29) is 22.2 Å². The van der Waals surface area contributed by atoms with Gasteiger partial charge in [-0.15, -0.1) is 0 Å². The van der Waals surface area contributed by atoms with Crippen LogP contribution in [0, 0.1) is 0 Å². The van der Waals surface area contributed by atoms with Crippen molar-refractivity contribution in [3.05, 3.63) is 58.6 Å². The van der Waals surface area contributed by atoms with Crippen molar-refractivity contribution in [3.63, 3.8) is 0 Å². The monoisotopic (exact) mass is 436 g/mol. The fraction of sp³-hybridized carbons (Fsp3) is 0.300. The number of halogens is 1. The number of amides is 1. The Morgan fingerprint density at radius 2 is 1.79 bits per heavy atom. The minimum absolute atomic E-state index is 0.127. The Balaban J connectivity index is 1.73. The fourth-order valence-electron chi connectivity index (χ4n) is 3.03. The maximum atomic E-state index is 12.5. The van der Waals surface area contributed by atoms with Crippen LogP contribution in [-0.2, 0) is 25.0 Å². The molecule has 0 saturated heterocycles. The number of benzene rings is 2. The van der Waals surface area contributed by atoms with E-state index < -0.39 is 21.3 Å². The quantitative estimate of drug-likeness (QED) is 0.646. The van der Waals surface area contributed by atoms with Crippen LogP contribution in [0.5, 0.6) is 0 Å². The standard InChI is InChI=1S/C20H21ClN2O5S/c1-3-28-19(25)20(10-11-20)14-5-7-15(8-6-14)22-18(24)13-4-9-16(21)17(12-13)23-29(2,26)27/h4-9,12,23H,3,10-11H2,1-2H3,(H,22,24). The van der Waals surface area contributed by atoms with Gasteiger partial charge in [0.2, 0.25) is 10.0 Å². The third-order valence-corrected chi connectivity index (χ3v) is 5.56. The van der Waals surface area contributed by atoms with Crippen molar-refractivity contribution in [1.82, 2.24) is 0 Å². The zero-order valence-corrected chi connectivity index (χ0v) is 17.6. The van der Waals surface area contributed by atoms with E-state index >= 15 is 0 Å². The minimum Gasteiger partial charge on any atom is -0.465 e. The predicted molar refractivity (Wildman–Crippen MR) is 112 cm³/mol. The molecule has 0 radical (unpaired) electrons. The zero-order valence-electron chi connectivity index (χ0n) is 16.0. The summed E-state index contributed by atoms with van der Waals surface area (Å²) in [5, 5.41) is 2.93. The number of esters is 1. The number of anilines is 2. The lowest BCUT2D eigenvalue weighted by Crippen LogP contribution is -2.23. The molecule has 0 aliphatic heterocycles. The van der Waals surface area contributed by atoms with Gasteiger partial charge in [0.1, 0.15) is 0 Å². The highest BCUT2D eigenvalue weighted by atomic mass is 35.5.